The molecule has 2 aromatic heterocycles. The maximum Gasteiger partial charge on any atom is 0.338 e. The van der Waals surface area contributed by atoms with Gasteiger partial charge in [0.25, 0.3) is 0 Å². The van der Waals surface area contributed by atoms with Crippen molar-refractivity contribution >= 4 is 40.3 Å². The van der Waals surface area contributed by atoms with Crippen molar-refractivity contribution in [3.05, 3.63) is 82.1 Å². The molecule has 0 saturated carbocycles. The zero-order valence-corrected chi connectivity index (χ0v) is 16.9. The van der Waals surface area contributed by atoms with E-state index in [4.69, 9.17) is 32.4 Å². The Labute approximate surface area is 177 Å². The molecule has 0 bridgehead atoms. The summed E-state index contributed by atoms with van der Waals surface area (Å²) >= 11 is 12.1. The summed E-state index contributed by atoms with van der Waals surface area (Å²) in [5, 5.41) is 0.974. The van der Waals surface area contributed by atoms with E-state index in [9.17, 15) is 4.79 Å². The van der Waals surface area contributed by atoms with E-state index in [2.05, 4.69) is 9.97 Å². The fourth-order valence-corrected chi connectivity index (χ4v) is 3.48. The predicted octanol–water partition coefficient (Wildman–Crippen LogP) is 5.98. The lowest BCUT2D eigenvalue weighted by Gasteiger charge is -2.12. The summed E-state index contributed by atoms with van der Waals surface area (Å²) in [5.41, 5.74) is 3.00. The van der Waals surface area contributed by atoms with Crippen LogP contribution in [-0.2, 0) is 11.2 Å². The highest BCUT2D eigenvalue weighted by Crippen LogP contribution is 2.29. The number of rotatable bonds is 5. The van der Waals surface area contributed by atoms with Gasteiger partial charge in [-0.2, -0.15) is 0 Å². The number of pyridine rings is 1. The number of hydrogen-bond acceptors (Lipinski definition) is 5. The van der Waals surface area contributed by atoms with Crippen LogP contribution in [0.25, 0.3) is 22.6 Å². The van der Waals surface area contributed by atoms with Crippen molar-refractivity contribution in [2.24, 2.45) is 0 Å². The zero-order chi connectivity index (χ0) is 20.4. The molecule has 4 aromatic rings. The third kappa shape index (κ3) is 4.58. The molecule has 146 valence electrons. The van der Waals surface area contributed by atoms with Gasteiger partial charge in [-0.25, -0.2) is 9.78 Å². The SMILES string of the molecule is CC(Cc1ccccn1)OC(=O)c1ccc2nc(-c3cc(Cl)cc(Cl)c3)oc2c1. The monoisotopic (exact) mass is 426 g/mol. The Hall–Kier alpha value is -2.89. The lowest BCUT2D eigenvalue weighted by atomic mass is 10.2. The molecule has 5 nitrogen and oxygen atoms in total. The normalized spacial score (nSPS) is 12.1. The Bertz CT molecular complexity index is 1160. The smallest absolute Gasteiger partial charge is 0.338 e. The number of ether oxygens (including phenoxy) is 1. The van der Waals surface area contributed by atoms with Crippen LogP contribution in [0.3, 0.4) is 0 Å². The molecule has 4 rings (SSSR count). The number of carbonyl (C=O) groups excluding carboxylic acids is 1. The van der Waals surface area contributed by atoms with Crippen LogP contribution < -0.4 is 0 Å². The number of hydrogen-bond donors (Lipinski definition) is 0. The first kappa shape index (κ1) is 19.4. The van der Waals surface area contributed by atoms with E-state index in [-0.39, 0.29) is 6.10 Å². The molecule has 0 N–H and O–H groups in total. The second-order valence-electron chi connectivity index (χ2n) is 6.60. The molecular formula is C22H16Cl2N2O3. The minimum absolute atomic E-state index is 0.313. The minimum Gasteiger partial charge on any atom is -0.459 e. The molecule has 0 spiro atoms. The van der Waals surface area contributed by atoms with Crippen LogP contribution in [0.2, 0.25) is 10.0 Å². The highest BCUT2D eigenvalue weighted by atomic mass is 35.5. The van der Waals surface area contributed by atoms with E-state index in [1.807, 2.05) is 25.1 Å². The summed E-state index contributed by atoms with van der Waals surface area (Å²) in [4.78, 5) is 21.2. The summed E-state index contributed by atoms with van der Waals surface area (Å²) in [5.74, 6) is -0.0579. The molecule has 0 aliphatic rings. The van der Waals surface area contributed by atoms with Crippen molar-refractivity contribution in [3.63, 3.8) is 0 Å². The second kappa shape index (κ2) is 8.23. The molecule has 0 fully saturated rings. The standard InChI is InChI=1S/C22H16Cl2N2O3/c1-13(8-18-4-2-3-7-25-18)28-22(27)14-5-6-19-20(11-14)29-21(26-19)15-9-16(23)12-17(24)10-15/h2-7,9-13H,8H2,1H3. The highest BCUT2D eigenvalue weighted by molar-refractivity contribution is 6.35. The van der Waals surface area contributed by atoms with Gasteiger partial charge < -0.3 is 9.15 Å². The van der Waals surface area contributed by atoms with Gasteiger partial charge in [0.1, 0.15) is 11.6 Å². The summed E-state index contributed by atoms with van der Waals surface area (Å²) in [6.45, 7) is 1.83. The van der Waals surface area contributed by atoms with Crippen LogP contribution in [0.15, 0.2) is 65.2 Å². The summed E-state index contributed by atoms with van der Waals surface area (Å²) in [6.07, 6.45) is 1.94. The van der Waals surface area contributed by atoms with Gasteiger partial charge in [-0.05, 0) is 55.5 Å². The van der Waals surface area contributed by atoms with E-state index in [1.54, 1.807) is 42.6 Å². The van der Waals surface area contributed by atoms with E-state index < -0.39 is 5.97 Å². The van der Waals surface area contributed by atoms with Crippen LogP contribution >= 0.6 is 23.2 Å². The van der Waals surface area contributed by atoms with Crippen LogP contribution in [0, 0.1) is 0 Å². The molecule has 1 atom stereocenters. The summed E-state index contributed by atoms with van der Waals surface area (Å²) in [6, 6.07) is 15.7. The Kier molecular flexibility index (Phi) is 5.51. The Morgan fingerprint density at radius 2 is 1.90 bits per heavy atom. The fraction of sp³-hybridized carbons (Fsp3) is 0.136. The van der Waals surface area contributed by atoms with Crippen LogP contribution in [0.1, 0.15) is 23.0 Å². The minimum atomic E-state index is -0.431. The first-order chi connectivity index (χ1) is 14.0. The van der Waals surface area contributed by atoms with Gasteiger partial charge >= 0.3 is 5.97 Å². The first-order valence-corrected chi connectivity index (χ1v) is 9.71. The first-order valence-electron chi connectivity index (χ1n) is 8.96. The Balaban J connectivity index is 1.53. The number of benzene rings is 2. The van der Waals surface area contributed by atoms with Gasteiger partial charge in [-0.3, -0.25) is 4.98 Å². The van der Waals surface area contributed by atoms with Gasteiger partial charge in [0.2, 0.25) is 5.89 Å². The maximum atomic E-state index is 12.5. The third-order valence-corrected chi connectivity index (χ3v) is 4.70. The van der Waals surface area contributed by atoms with E-state index in [0.29, 0.717) is 44.6 Å². The lowest BCUT2D eigenvalue weighted by molar-refractivity contribution is 0.0341. The quantitative estimate of drug-likeness (QED) is 0.367. The van der Waals surface area contributed by atoms with Crippen molar-refractivity contribution in [1.82, 2.24) is 9.97 Å². The number of aromatic nitrogens is 2. The number of nitrogens with zero attached hydrogens (tertiary/aromatic N) is 2. The summed E-state index contributed by atoms with van der Waals surface area (Å²) < 4.78 is 11.3. The van der Waals surface area contributed by atoms with Gasteiger partial charge in [-0.1, -0.05) is 29.3 Å². The molecule has 29 heavy (non-hydrogen) atoms. The molecule has 7 heteroatoms. The van der Waals surface area contributed by atoms with Crippen LogP contribution in [-0.4, -0.2) is 22.0 Å². The number of halogens is 2. The molecule has 2 heterocycles. The number of oxazole rings is 1. The predicted molar refractivity (Wildman–Crippen MR) is 112 cm³/mol. The Morgan fingerprint density at radius 1 is 1.10 bits per heavy atom. The Morgan fingerprint density at radius 3 is 2.62 bits per heavy atom. The van der Waals surface area contributed by atoms with Gasteiger partial charge in [0, 0.05) is 33.9 Å². The van der Waals surface area contributed by atoms with E-state index >= 15 is 0 Å². The maximum absolute atomic E-state index is 12.5. The second-order valence-corrected chi connectivity index (χ2v) is 7.47. The number of esters is 1. The highest BCUT2D eigenvalue weighted by Gasteiger charge is 2.16. The average Bonchev–Trinajstić information content (AvgIpc) is 3.11. The molecule has 1 unspecified atom stereocenters. The molecule has 0 saturated heterocycles. The topological polar surface area (TPSA) is 65.2 Å². The van der Waals surface area contributed by atoms with Crippen molar-refractivity contribution in [3.8, 4) is 11.5 Å². The lowest BCUT2D eigenvalue weighted by Crippen LogP contribution is -2.17. The van der Waals surface area contributed by atoms with Crippen molar-refractivity contribution in [2.75, 3.05) is 0 Å². The molecular weight excluding hydrogens is 411 g/mol. The van der Waals surface area contributed by atoms with Gasteiger partial charge in [-0.15, -0.1) is 0 Å². The number of fused-ring (bicyclic) bond motifs is 1. The van der Waals surface area contributed by atoms with Crippen molar-refractivity contribution < 1.29 is 13.9 Å². The van der Waals surface area contributed by atoms with Gasteiger partial charge in [0.05, 0.1) is 5.56 Å². The largest absolute Gasteiger partial charge is 0.459 e. The van der Waals surface area contributed by atoms with Crippen LogP contribution in [0.4, 0.5) is 0 Å². The van der Waals surface area contributed by atoms with E-state index in [0.717, 1.165) is 5.69 Å². The molecule has 0 radical (unpaired) electrons. The molecule has 0 aliphatic carbocycles. The fourth-order valence-electron chi connectivity index (χ4n) is 2.96. The molecule has 2 aromatic carbocycles. The van der Waals surface area contributed by atoms with Crippen molar-refractivity contribution in [2.45, 2.75) is 19.4 Å². The van der Waals surface area contributed by atoms with Crippen molar-refractivity contribution in [1.29, 1.82) is 0 Å². The van der Waals surface area contributed by atoms with E-state index in [1.165, 1.54) is 0 Å². The molecule has 0 amide bonds. The third-order valence-electron chi connectivity index (χ3n) is 4.26. The molecule has 0 aliphatic heterocycles. The average molecular weight is 427 g/mol. The number of carbonyl (C=O) groups is 1. The van der Waals surface area contributed by atoms with Crippen LogP contribution in [0.5, 0.6) is 0 Å². The summed E-state index contributed by atoms with van der Waals surface area (Å²) in [7, 11) is 0. The van der Waals surface area contributed by atoms with Gasteiger partial charge in [0.15, 0.2) is 5.58 Å². The zero-order valence-electron chi connectivity index (χ0n) is 15.4.